The Bertz CT molecular complexity index is 1020. The molecular formula is C22H19ClN2O2. The fourth-order valence-electron chi connectivity index (χ4n) is 3.48. The van der Waals surface area contributed by atoms with E-state index in [1.165, 1.54) is 0 Å². The monoisotopic (exact) mass is 378 g/mol. The van der Waals surface area contributed by atoms with Crippen LogP contribution in [0.4, 0.5) is 11.4 Å². The van der Waals surface area contributed by atoms with Gasteiger partial charge in [-0.15, -0.1) is 0 Å². The molecular weight excluding hydrogens is 360 g/mol. The first-order chi connectivity index (χ1) is 13.1. The van der Waals surface area contributed by atoms with Gasteiger partial charge in [0.05, 0.1) is 12.8 Å². The lowest BCUT2D eigenvalue weighted by molar-refractivity contribution is 0.0992. The number of hydrogen-bond donors (Lipinski definition) is 1. The second kappa shape index (κ2) is 6.97. The summed E-state index contributed by atoms with van der Waals surface area (Å²) in [4.78, 5) is 15.0. The van der Waals surface area contributed by atoms with Gasteiger partial charge in [0.1, 0.15) is 11.9 Å². The molecule has 0 spiro atoms. The Labute approximate surface area is 163 Å². The molecule has 0 fully saturated rings. The third-order valence-corrected chi connectivity index (χ3v) is 5.03. The van der Waals surface area contributed by atoms with Gasteiger partial charge in [-0.3, -0.25) is 9.69 Å². The number of nitrogens with one attached hydrogen (secondary N) is 1. The number of aryl methyl sites for hydroxylation is 1. The molecule has 1 heterocycles. The van der Waals surface area contributed by atoms with Crippen molar-refractivity contribution >= 4 is 28.9 Å². The predicted molar refractivity (Wildman–Crippen MR) is 109 cm³/mol. The first kappa shape index (κ1) is 17.4. The van der Waals surface area contributed by atoms with Gasteiger partial charge in [-0.05, 0) is 42.8 Å². The van der Waals surface area contributed by atoms with Gasteiger partial charge in [0.15, 0.2) is 0 Å². The minimum atomic E-state index is -0.359. The van der Waals surface area contributed by atoms with Crippen LogP contribution < -0.4 is 15.0 Å². The van der Waals surface area contributed by atoms with Crippen molar-refractivity contribution in [3.63, 3.8) is 0 Å². The van der Waals surface area contributed by atoms with Crippen LogP contribution in [0.1, 0.15) is 27.7 Å². The van der Waals surface area contributed by atoms with Crippen LogP contribution in [0.25, 0.3) is 0 Å². The van der Waals surface area contributed by atoms with E-state index in [0.717, 1.165) is 22.5 Å². The lowest BCUT2D eigenvalue weighted by atomic mass is 10.1. The van der Waals surface area contributed by atoms with E-state index >= 15 is 0 Å². The number of fused-ring (bicyclic) bond motifs is 1. The molecule has 1 amide bonds. The first-order valence-electron chi connectivity index (χ1n) is 8.68. The standard InChI is InChI=1S/C22H19ClN2O2/c1-14-7-3-6-10-19(14)25-21(16-8-4-5-9-17(16)22(25)26)24-18-13-15(23)11-12-20(18)27-2/h3-13,21,24H,1-2H3/t21-/m1/s1. The molecule has 1 atom stereocenters. The van der Waals surface area contributed by atoms with E-state index in [9.17, 15) is 4.79 Å². The van der Waals surface area contributed by atoms with Gasteiger partial charge < -0.3 is 10.1 Å². The van der Waals surface area contributed by atoms with Crippen molar-refractivity contribution in [2.24, 2.45) is 0 Å². The summed E-state index contributed by atoms with van der Waals surface area (Å²) >= 11 is 6.19. The molecule has 0 bridgehead atoms. The minimum Gasteiger partial charge on any atom is -0.495 e. The summed E-state index contributed by atoms with van der Waals surface area (Å²) in [6.07, 6.45) is -0.359. The number of benzene rings is 3. The number of methoxy groups -OCH3 is 1. The molecule has 4 nitrogen and oxygen atoms in total. The predicted octanol–water partition coefficient (Wildman–Crippen LogP) is 5.43. The molecule has 3 aromatic rings. The summed E-state index contributed by atoms with van der Waals surface area (Å²) in [6.45, 7) is 2.00. The Morgan fingerprint density at radius 1 is 1.04 bits per heavy atom. The summed E-state index contributed by atoms with van der Waals surface area (Å²) in [7, 11) is 1.61. The number of amides is 1. The van der Waals surface area contributed by atoms with E-state index < -0.39 is 0 Å². The van der Waals surface area contributed by atoms with Crippen molar-refractivity contribution in [1.82, 2.24) is 0 Å². The molecule has 1 aliphatic heterocycles. The Hall–Kier alpha value is -2.98. The number of carbonyl (C=O) groups is 1. The van der Waals surface area contributed by atoms with Crippen LogP contribution in [-0.4, -0.2) is 13.0 Å². The van der Waals surface area contributed by atoms with Crippen molar-refractivity contribution in [3.05, 3.63) is 88.4 Å². The van der Waals surface area contributed by atoms with Crippen LogP contribution in [0.3, 0.4) is 0 Å². The lowest BCUT2D eigenvalue weighted by Gasteiger charge is -2.29. The molecule has 0 saturated carbocycles. The number of halogens is 1. The van der Waals surface area contributed by atoms with Gasteiger partial charge >= 0.3 is 0 Å². The van der Waals surface area contributed by atoms with Crippen molar-refractivity contribution in [2.75, 3.05) is 17.3 Å². The van der Waals surface area contributed by atoms with Gasteiger partial charge in [0.2, 0.25) is 0 Å². The van der Waals surface area contributed by atoms with Crippen LogP contribution >= 0.6 is 11.6 Å². The molecule has 3 aromatic carbocycles. The van der Waals surface area contributed by atoms with Crippen LogP contribution in [0, 0.1) is 6.92 Å². The van der Waals surface area contributed by atoms with E-state index in [0.29, 0.717) is 16.3 Å². The highest BCUT2D eigenvalue weighted by Crippen LogP contribution is 2.41. The molecule has 136 valence electrons. The molecule has 5 heteroatoms. The van der Waals surface area contributed by atoms with Crippen LogP contribution in [-0.2, 0) is 0 Å². The second-order valence-corrected chi connectivity index (χ2v) is 6.88. The maximum Gasteiger partial charge on any atom is 0.260 e. The SMILES string of the molecule is COc1ccc(Cl)cc1N[C@H]1c2ccccc2C(=O)N1c1ccccc1C. The summed E-state index contributed by atoms with van der Waals surface area (Å²) in [6, 6.07) is 20.9. The highest BCUT2D eigenvalue weighted by molar-refractivity contribution is 6.31. The summed E-state index contributed by atoms with van der Waals surface area (Å²) in [5.74, 6) is 0.638. The average molecular weight is 379 g/mol. The highest BCUT2D eigenvalue weighted by atomic mass is 35.5. The van der Waals surface area contributed by atoms with Gasteiger partial charge in [-0.2, -0.15) is 0 Å². The smallest absolute Gasteiger partial charge is 0.260 e. The maximum absolute atomic E-state index is 13.2. The Kier molecular flexibility index (Phi) is 4.50. The molecule has 0 unspecified atom stereocenters. The highest BCUT2D eigenvalue weighted by Gasteiger charge is 2.38. The Morgan fingerprint density at radius 3 is 2.56 bits per heavy atom. The molecule has 1 N–H and O–H groups in total. The van der Waals surface area contributed by atoms with Crippen LogP contribution in [0.5, 0.6) is 5.75 Å². The number of anilines is 2. The summed E-state index contributed by atoms with van der Waals surface area (Å²) < 4.78 is 5.47. The van der Waals surface area contributed by atoms with Crippen LogP contribution in [0.2, 0.25) is 5.02 Å². The van der Waals surface area contributed by atoms with Gasteiger partial charge in [-0.25, -0.2) is 0 Å². The van der Waals surface area contributed by atoms with Crippen LogP contribution in [0.15, 0.2) is 66.7 Å². The number of carbonyl (C=O) groups excluding carboxylic acids is 1. The first-order valence-corrected chi connectivity index (χ1v) is 9.06. The molecule has 0 aromatic heterocycles. The van der Waals surface area contributed by atoms with E-state index in [1.807, 2.05) is 67.6 Å². The molecule has 1 aliphatic rings. The molecule has 27 heavy (non-hydrogen) atoms. The molecule has 0 saturated heterocycles. The Balaban J connectivity index is 1.84. The Morgan fingerprint density at radius 2 is 1.78 bits per heavy atom. The maximum atomic E-state index is 13.2. The normalized spacial score (nSPS) is 15.6. The minimum absolute atomic E-state index is 0.0293. The van der Waals surface area contributed by atoms with Crippen molar-refractivity contribution in [1.29, 1.82) is 0 Å². The number of hydrogen-bond acceptors (Lipinski definition) is 3. The van der Waals surface area contributed by atoms with Crippen molar-refractivity contribution in [3.8, 4) is 5.75 Å². The van der Waals surface area contributed by atoms with Gasteiger partial charge in [0.25, 0.3) is 5.91 Å². The zero-order valence-corrected chi connectivity index (χ0v) is 15.8. The molecule has 0 aliphatic carbocycles. The largest absolute Gasteiger partial charge is 0.495 e. The third-order valence-electron chi connectivity index (χ3n) is 4.79. The summed E-state index contributed by atoms with van der Waals surface area (Å²) in [5.41, 5.74) is 4.26. The number of nitrogens with zero attached hydrogens (tertiary/aromatic N) is 1. The van der Waals surface area contributed by atoms with E-state index in [1.54, 1.807) is 18.1 Å². The number of ether oxygens (including phenoxy) is 1. The summed E-state index contributed by atoms with van der Waals surface area (Å²) in [5, 5.41) is 4.05. The third kappa shape index (κ3) is 3.02. The molecule has 0 radical (unpaired) electrons. The lowest BCUT2D eigenvalue weighted by Crippen LogP contribution is -2.32. The zero-order chi connectivity index (χ0) is 19.0. The van der Waals surface area contributed by atoms with E-state index in [-0.39, 0.29) is 12.1 Å². The quantitative estimate of drug-likeness (QED) is 0.658. The average Bonchev–Trinajstić information content (AvgIpc) is 2.95. The van der Waals surface area contributed by atoms with Crippen molar-refractivity contribution < 1.29 is 9.53 Å². The van der Waals surface area contributed by atoms with Gasteiger partial charge in [-0.1, -0.05) is 48.0 Å². The molecule has 4 rings (SSSR count). The van der Waals surface area contributed by atoms with E-state index in [2.05, 4.69) is 5.32 Å². The second-order valence-electron chi connectivity index (χ2n) is 6.44. The fourth-order valence-corrected chi connectivity index (χ4v) is 3.65. The number of rotatable bonds is 4. The topological polar surface area (TPSA) is 41.6 Å². The van der Waals surface area contributed by atoms with Gasteiger partial charge in [0, 0.05) is 21.8 Å². The fraction of sp³-hybridized carbons (Fsp3) is 0.136. The zero-order valence-electron chi connectivity index (χ0n) is 15.1. The van der Waals surface area contributed by atoms with E-state index in [4.69, 9.17) is 16.3 Å². The van der Waals surface area contributed by atoms with Crippen molar-refractivity contribution in [2.45, 2.75) is 13.1 Å². The number of para-hydroxylation sites is 1.